The molecule has 1 rings (SSSR count). The molecule has 1 saturated heterocycles. The minimum Gasteiger partial charge on any atom is -0.388 e. The molecule has 5 N–H and O–H groups in total. The number of phosphoric ester groups is 1. The Kier molecular flexibility index (Phi) is 29.1. The van der Waals surface area contributed by atoms with Crippen LogP contribution in [0.4, 0.5) is 0 Å². The fraction of sp³-hybridized carbons (Fsp3) is 0.640. The Morgan fingerprint density at radius 2 is 0.814 bits per heavy atom. The van der Waals surface area contributed by atoms with Crippen LogP contribution in [0.3, 0.4) is 0 Å². The molecule has 1 heterocycles. The van der Waals surface area contributed by atoms with Gasteiger partial charge in [-0.15, -0.1) is 0 Å². The number of ether oxygens (including phenoxy) is 1. The molecule has 59 heavy (non-hydrogen) atoms. The topological polar surface area (TPSA) is 131 Å². The molecule has 9 heteroatoms. The SMILES string of the molecule is CC(C)=CCC/C(C)=C/CC/C(C)=C/CC/C(C)=C/CC/C(C)=C/CC/C(C)=C\CC/C(C)=C\CC/C(C)=C/CC/C(C)=C/COP(=O)(O)O[C@@H]1OC[C@H](N)[C@H](O)[C@H]1O. The monoisotopic (exact) mass is 842 g/mol. The Morgan fingerprint density at radius 1 is 0.525 bits per heavy atom. The number of hydrogen-bond acceptors (Lipinski definition) is 7. The molecular weight excluding hydrogens is 758 g/mol. The van der Waals surface area contributed by atoms with Crippen molar-refractivity contribution in [2.75, 3.05) is 13.2 Å². The van der Waals surface area contributed by atoms with Gasteiger partial charge in [0, 0.05) is 0 Å². The summed E-state index contributed by atoms with van der Waals surface area (Å²) in [7, 11) is -4.51. The predicted octanol–water partition coefficient (Wildman–Crippen LogP) is 13.3. The summed E-state index contributed by atoms with van der Waals surface area (Å²) in [6.45, 7) is 21.8. The number of nitrogens with two attached hydrogens (primary N) is 1. The highest BCUT2D eigenvalue weighted by Crippen LogP contribution is 2.46. The van der Waals surface area contributed by atoms with Crippen LogP contribution >= 0.6 is 7.82 Å². The summed E-state index contributed by atoms with van der Waals surface area (Å²) >= 11 is 0. The van der Waals surface area contributed by atoms with E-state index in [0.717, 1.165) is 102 Å². The fourth-order valence-electron chi connectivity index (χ4n) is 6.57. The molecule has 1 unspecified atom stereocenters. The van der Waals surface area contributed by atoms with E-state index in [2.05, 4.69) is 111 Å². The van der Waals surface area contributed by atoms with Crippen LogP contribution in [0.5, 0.6) is 0 Å². The van der Waals surface area contributed by atoms with Gasteiger partial charge >= 0.3 is 7.82 Å². The number of aliphatic hydroxyl groups excluding tert-OH is 2. The third-order valence-electron chi connectivity index (χ3n) is 10.7. The molecule has 0 amide bonds. The first-order valence-electron chi connectivity index (χ1n) is 22.2. The van der Waals surface area contributed by atoms with Crippen molar-refractivity contribution in [2.45, 2.75) is 197 Å². The summed E-state index contributed by atoms with van der Waals surface area (Å²) in [5.41, 5.74) is 18.3. The second kappa shape index (κ2) is 31.5. The molecule has 0 aliphatic carbocycles. The zero-order chi connectivity index (χ0) is 44.2. The fourth-order valence-corrected chi connectivity index (χ4v) is 7.35. The highest BCUT2D eigenvalue weighted by molar-refractivity contribution is 7.47. The van der Waals surface area contributed by atoms with E-state index in [1.165, 1.54) is 51.0 Å². The van der Waals surface area contributed by atoms with Gasteiger partial charge in [0.25, 0.3) is 0 Å². The maximum atomic E-state index is 12.3. The molecule has 8 nitrogen and oxygen atoms in total. The second-order valence-corrected chi connectivity index (χ2v) is 18.6. The maximum Gasteiger partial charge on any atom is 0.474 e. The summed E-state index contributed by atoms with van der Waals surface area (Å²) in [5, 5.41) is 19.8. The Hall–Kier alpha value is -2.39. The molecular formula is C50H84NO7P. The lowest BCUT2D eigenvalue weighted by Crippen LogP contribution is -2.56. The molecule has 336 valence electrons. The van der Waals surface area contributed by atoms with Gasteiger partial charge in [0.1, 0.15) is 12.2 Å². The lowest BCUT2D eigenvalue weighted by molar-refractivity contribution is -0.219. The molecule has 0 bridgehead atoms. The van der Waals surface area contributed by atoms with Crippen LogP contribution in [0.25, 0.3) is 0 Å². The summed E-state index contributed by atoms with van der Waals surface area (Å²) in [6, 6.07) is -0.805. The number of hydrogen-bond donors (Lipinski definition) is 4. The van der Waals surface area contributed by atoms with Crippen LogP contribution in [0.2, 0.25) is 0 Å². The van der Waals surface area contributed by atoms with Gasteiger partial charge in [-0.3, -0.25) is 9.05 Å². The van der Waals surface area contributed by atoms with Crippen molar-refractivity contribution in [2.24, 2.45) is 5.73 Å². The molecule has 0 spiro atoms. The highest BCUT2D eigenvalue weighted by atomic mass is 31.2. The Balaban J connectivity index is 2.25. The van der Waals surface area contributed by atoms with Crippen molar-refractivity contribution in [3.05, 3.63) is 105 Å². The summed E-state index contributed by atoms with van der Waals surface area (Å²) in [6.07, 6.45) is 33.7. The van der Waals surface area contributed by atoms with Crippen LogP contribution in [0, 0.1) is 0 Å². The van der Waals surface area contributed by atoms with Crippen LogP contribution < -0.4 is 5.73 Å². The Morgan fingerprint density at radius 3 is 1.12 bits per heavy atom. The molecule has 0 saturated carbocycles. The molecule has 5 atom stereocenters. The van der Waals surface area contributed by atoms with E-state index in [1.807, 2.05) is 6.92 Å². The van der Waals surface area contributed by atoms with Crippen LogP contribution in [0.1, 0.15) is 172 Å². The average molecular weight is 842 g/mol. The molecule has 1 fully saturated rings. The number of aliphatic hydroxyl groups is 2. The van der Waals surface area contributed by atoms with Crippen LogP contribution in [0.15, 0.2) is 105 Å². The lowest BCUT2D eigenvalue weighted by atomic mass is 10.0. The third kappa shape index (κ3) is 28.7. The quantitative estimate of drug-likeness (QED) is 0.0432. The van der Waals surface area contributed by atoms with E-state index >= 15 is 0 Å². The van der Waals surface area contributed by atoms with Crippen LogP contribution in [-0.2, 0) is 18.3 Å². The standard InChI is InChI=1S/C50H84NO7P/c1-38(2)19-11-20-39(3)21-12-22-40(4)23-13-24-41(5)25-14-26-42(6)27-15-28-43(7)29-16-30-44(8)31-17-32-45(9)33-18-34-46(10)35-36-57-59(54,55)58-50-49(53)48(52)47(51)37-56-50/h19,21,23,25,27,29,31,33,35,47-50,52-53H,11-18,20,22,24,26,28,30,32,34,36-37,51H2,1-10H3,(H,54,55)/b39-21+,40-23+,41-25+,42-27+,43-29-,44-31-,45-33+,46-35+/t47-,48-,49+,50-/m0/s1. The lowest BCUT2D eigenvalue weighted by Gasteiger charge is -2.35. The molecule has 0 aromatic heterocycles. The minimum absolute atomic E-state index is 0.115. The maximum absolute atomic E-state index is 12.3. The van der Waals surface area contributed by atoms with Crippen molar-refractivity contribution in [1.82, 2.24) is 0 Å². The first-order chi connectivity index (χ1) is 27.9. The zero-order valence-corrected chi connectivity index (χ0v) is 39.6. The number of allylic oxidation sites excluding steroid dienone is 17. The van der Waals surface area contributed by atoms with Gasteiger partial charge in [0.05, 0.1) is 19.3 Å². The van der Waals surface area contributed by atoms with Gasteiger partial charge < -0.3 is 25.6 Å². The van der Waals surface area contributed by atoms with Gasteiger partial charge in [-0.2, -0.15) is 0 Å². The third-order valence-corrected chi connectivity index (χ3v) is 11.7. The van der Waals surface area contributed by atoms with Crippen molar-refractivity contribution >= 4 is 7.82 Å². The van der Waals surface area contributed by atoms with Crippen molar-refractivity contribution < 1.29 is 33.5 Å². The van der Waals surface area contributed by atoms with Gasteiger partial charge in [-0.25, -0.2) is 4.57 Å². The summed E-state index contributed by atoms with van der Waals surface area (Å²) in [4.78, 5) is 9.99. The minimum atomic E-state index is -4.51. The zero-order valence-electron chi connectivity index (χ0n) is 38.7. The van der Waals surface area contributed by atoms with E-state index in [1.54, 1.807) is 6.08 Å². The number of rotatable bonds is 29. The van der Waals surface area contributed by atoms with E-state index in [-0.39, 0.29) is 13.2 Å². The predicted molar refractivity (Wildman–Crippen MR) is 250 cm³/mol. The van der Waals surface area contributed by atoms with Gasteiger partial charge in [0.15, 0.2) is 6.29 Å². The van der Waals surface area contributed by atoms with E-state index in [9.17, 15) is 19.7 Å². The summed E-state index contributed by atoms with van der Waals surface area (Å²) in [5.74, 6) is 0. The highest BCUT2D eigenvalue weighted by Gasteiger charge is 2.41. The molecule has 0 radical (unpaired) electrons. The van der Waals surface area contributed by atoms with E-state index in [0.29, 0.717) is 0 Å². The van der Waals surface area contributed by atoms with E-state index in [4.69, 9.17) is 19.5 Å². The normalized spacial score (nSPS) is 21.9. The largest absolute Gasteiger partial charge is 0.474 e. The molecule has 1 aliphatic heterocycles. The van der Waals surface area contributed by atoms with Gasteiger partial charge in [-0.1, -0.05) is 105 Å². The van der Waals surface area contributed by atoms with Crippen molar-refractivity contribution in [1.29, 1.82) is 0 Å². The van der Waals surface area contributed by atoms with Crippen LogP contribution in [-0.4, -0.2) is 52.9 Å². The molecule has 0 aromatic rings. The Bertz CT molecular complexity index is 1560. The first-order valence-corrected chi connectivity index (χ1v) is 23.7. The van der Waals surface area contributed by atoms with Crippen molar-refractivity contribution in [3.63, 3.8) is 0 Å². The smallest absolute Gasteiger partial charge is 0.388 e. The molecule has 0 aromatic carbocycles. The first kappa shape index (κ1) is 54.6. The second-order valence-electron chi connectivity index (χ2n) is 17.2. The Labute approximate surface area is 360 Å². The van der Waals surface area contributed by atoms with Gasteiger partial charge in [-0.05, 0) is 172 Å². The van der Waals surface area contributed by atoms with Gasteiger partial charge in [0.2, 0.25) is 0 Å². The molecule has 1 aliphatic rings. The average Bonchev–Trinajstić information content (AvgIpc) is 3.15. The van der Waals surface area contributed by atoms with Crippen molar-refractivity contribution in [3.8, 4) is 0 Å². The summed E-state index contributed by atoms with van der Waals surface area (Å²) < 4.78 is 27.3. The number of phosphoric acid groups is 1. The van der Waals surface area contributed by atoms with E-state index < -0.39 is 32.4 Å².